The summed E-state index contributed by atoms with van der Waals surface area (Å²) in [5, 5.41) is 66.3. The second-order valence-electron chi connectivity index (χ2n) is 4.86. The quantitative estimate of drug-likeness (QED) is 0.236. The lowest BCUT2D eigenvalue weighted by atomic mass is 9.99. The number of carbonyl (C=O) groups excluding carboxylic acids is 1. The van der Waals surface area contributed by atoms with Crippen LogP contribution < -0.4 is 0 Å². The molecule has 0 saturated carbocycles. The minimum absolute atomic E-state index is 0.648. The molecule has 1 aliphatic rings. The number of hydrogen-bond acceptors (Lipinski definition) is 10. The average Bonchev–Trinajstić information content (AvgIpc) is 2.55. The zero-order chi connectivity index (χ0) is 18.2. The molecule has 10 heteroatoms. The van der Waals surface area contributed by atoms with Gasteiger partial charge in [-0.15, -0.1) is 0 Å². The molecule has 7 N–H and O–H groups in total. The number of rotatable bonds is 3. The zero-order valence-electron chi connectivity index (χ0n) is 12.5. The summed E-state index contributed by atoms with van der Waals surface area (Å²) in [6.07, 6.45) is -8.39. The third-order valence-corrected chi connectivity index (χ3v) is 3.31. The summed E-state index contributed by atoms with van der Waals surface area (Å²) in [4.78, 5) is 12.0. The van der Waals surface area contributed by atoms with Crippen molar-refractivity contribution < 1.29 is 51.4 Å². The molecule has 1 aliphatic heterocycles. The third-order valence-electron chi connectivity index (χ3n) is 3.31. The first-order valence-electron chi connectivity index (χ1n) is 6.95. The van der Waals surface area contributed by atoms with E-state index in [1.165, 1.54) is 0 Å². The van der Waals surface area contributed by atoms with Crippen molar-refractivity contribution in [3.63, 3.8) is 0 Å². The van der Waals surface area contributed by atoms with Gasteiger partial charge in [0, 0.05) is 0 Å². The van der Waals surface area contributed by atoms with Gasteiger partial charge in [0.25, 0.3) is 0 Å². The molecule has 0 spiro atoms. The molecule has 0 bridgehead atoms. The Labute approximate surface area is 130 Å². The maximum absolute atomic E-state index is 12.0. The van der Waals surface area contributed by atoms with Crippen molar-refractivity contribution in [3.05, 3.63) is 17.7 Å². The van der Waals surface area contributed by atoms with Crippen LogP contribution in [0.25, 0.3) is 0 Å². The predicted octanol–water partition coefficient (Wildman–Crippen LogP) is -2.24. The van der Waals surface area contributed by atoms with E-state index in [2.05, 4.69) is 0 Å². The second-order valence-corrected chi connectivity index (χ2v) is 4.86. The van der Waals surface area contributed by atoms with Gasteiger partial charge in [0.15, 0.2) is 29.6 Å². The number of benzene rings is 1. The monoisotopic (exact) mass is 333 g/mol. The molecule has 1 aromatic carbocycles. The summed E-state index contributed by atoms with van der Waals surface area (Å²) >= 11 is 0. The maximum atomic E-state index is 12.0. The van der Waals surface area contributed by atoms with Gasteiger partial charge in [-0.3, -0.25) is 0 Å². The molecule has 0 amide bonds. The van der Waals surface area contributed by atoms with Crippen molar-refractivity contribution in [1.29, 1.82) is 0 Å². The molecular formula is C13H16O10. The fraction of sp³-hybridized carbons (Fsp3) is 0.462. The first-order chi connectivity index (χ1) is 11.2. The van der Waals surface area contributed by atoms with Crippen molar-refractivity contribution in [1.82, 2.24) is 0 Å². The smallest absolute Gasteiger partial charge is 0.338 e. The van der Waals surface area contributed by atoms with E-state index < -0.39 is 72.1 Å². The lowest BCUT2D eigenvalue weighted by Crippen LogP contribution is -2.59. The van der Waals surface area contributed by atoms with Gasteiger partial charge >= 0.3 is 5.97 Å². The van der Waals surface area contributed by atoms with E-state index in [0.717, 1.165) is 0 Å². The van der Waals surface area contributed by atoms with E-state index in [4.69, 9.17) is 16.0 Å². The Hall–Kier alpha value is -2.11. The summed E-state index contributed by atoms with van der Waals surface area (Å²) in [6.45, 7) is -0.702. The fourth-order valence-electron chi connectivity index (χ4n) is 2.05. The number of aliphatic hydroxyl groups is 4. The van der Waals surface area contributed by atoms with E-state index in [-0.39, 0.29) is 0 Å². The summed E-state index contributed by atoms with van der Waals surface area (Å²) in [7, 11) is 0. The molecule has 128 valence electrons. The van der Waals surface area contributed by atoms with Crippen molar-refractivity contribution in [2.45, 2.75) is 30.7 Å². The molecule has 0 aliphatic carbocycles. The highest BCUT2D eigenvalue weighted by molar-refractivity contribution is 5.91. The van der Waals surface area contributed by atoms with Crippen LogP contribution in [0.4, 0.5) is 0 Å². The molecule has 1 unspecified atom stereocenters. The van der Waals surface area contributed by atoms with Gasteiger partial charge in [-0.05, 0) is 12.1 Å². The molecule has 1 aromatic rings. The highest BCUT2D eigenvalue weighted by atomic mass is 16.7. The minimum Gasteiger partial charge on any atom is -0.504 e. The van der Waals surface area contributed by atoms with Crippen LogP contribution in [0.15, 0.2) is 12.1 Å². The highest BCUT2D eigenvalue weighted by Crippen LogP contribution is 2.35. The molecular weight excluding hydrogens is 316 g/mol. The number of ether oxygens (including phenoxy) is 2. The van der Waals surface area contributed by atoms with Crippen LogP contribution >= 0.6 is 0 Å². The van der Waals surface area contributed by atoms with E-state index in [1.807, 2.05) is 0 Å². The molecule has 1 saturated heterocycles. The Bertz CT molecular complexity index is 636. The van der Waals surface area contributed by atoms with Crippen LogP contribution in [0.2, 0.25) is 0 Å². The molecule has 5 atom stereocenters. The van der Waals surface area contributed by atoms with Crippen molar-refractivity contribution in [2.75, 3.05) is 6.61 Å². The largest absolute Gasteiger partial charge is 0.504 e. The molecule has 1 heterocycles. The van der Waals surface area contributed by atoms with Gasteiger partial charge < -0.3 is 45.2 Å². The summed E-state index contributed by atoms with van der Waals surface area (Å²) < 4.78 is 17.1. The first kappa shape index (κ1) is 15.8. The molecule has 10 nitrogen and oxygen atoms in total. The molecule has 0 aromatic heterocycles. The number of aromatic hydroxyl groups is 3. The zero-order valence-corrected chi connectivity index (χ0v) is 11.5. The highest BCUT2D eigenvalue weighted by Gasteiger charge is 2.46. The maximum Gasteiger partial charge on any atom is 0.338 e. The van der Waals surface area contributed by atoms with Gasteiger partial charge in [0.1, 0.15) is 18.3 Å². The Kier molecular flexibility index (Phi) is 4.50. The van der Waals surface area contributed by atoms with E-state index in [0.29, 0.717) is 6.07 Å². The van der Waals surface area contributed by atoms with E-state index in [1.54, 1.807) is 0 Å². The normalized spacial score (nSPS) is 31.5. The number of aliphatic hydroxyl groups excluding tert-OH is 4. The summed E-state index contributed by atoms with van der Waals surface area (Å²) in [6, 6.07) is -0.209. The third kappa shape index (κ3) is 3.30. The number of carbonyl (C=O) groups is 1. The lowest BCUT2D eigenvalue weighted by Gasteiger charge is -2.39. The number of phenols is 3. The number of esters is 1. The molecule has 1 fully saturated rings. The van der Waals surface area contributed by atoms with Crippen molar-refractivity contribution in [3.8, 4) is 17.2 Å². The molecule has 23 heavy (non-hydrogen) atoms. The van der Waals surface area contributed by atoms with Crippen LogP contribution in [0.5, 0.6) is 17.2 Å². The minimum atomic E-state index is -1.88. The van der Waals surface area contributed by atoms with Crippen LogP contribution in [-0.4, -0.2) is 79.0 Å². The Morgan fingerprint density at radius 3 is 2.48 bits per heavy atom. The Morgan fingerprint density at radius 2 is 1.87 bits per heavy atom. The first-order valence-corrected chi connectivity index (χ1v) is 6.45. The fourth-order valence-corrected chi connectivity index (χ4v) is 2.05. The molecule has 0 radical (unpaired) electrons. The number of hydrogen-bond donors (Lipinski definition) is 7. The average molecular weight is 333 g/mol. The predicted molar refractivity (Wildman–Crippen MR) is 70.6 cm³/mol. The van der Waals surface area contributed by atoms with Crippen LogP contribution in [0.1, 0.15) is 11.7 Å². The van der Waals surface area contributed by atoms with Gasteiger partial charge in [0.05, 0.1) is 13.5 Å². The van der Waals surface area contributed by atoms with Crippen molar-refractivity contribution >= 4 is 5.97 Å². The van der Waals surface area contributed by atoms with Crippen LogP contribution in [0, 0.1) is 0 Å². The SMILES string of the molecule is [2H]c1c(C(=O)O[C@H]2C(O)O[C@H](CO)[C@@H](O)[C@@H]2O)cc(O)c(O)c1O. The Balaban J connectivity index is 2.24. The standard InChI is InChI=1S/C13H16O10/c14-3-7-9(18)10(19)11(13(21)22-7)23-12(20)4-1-5(15)8(17)6(16)2-4/h1-2,7,9-11,13-19,21H,3H2/t7-,9-,10+,11-,13?/m1/s1/i1D. The van der Waals surface area contributed by atoms with Gasteiger partial charge in [0.2, 0.25) is 0 Å². The van der Waals surface area contributed by atoms with E-state index in [9.17, 15) is 35.4 Å². The second kappa shape index (κ2) is 6.56. The van der Waals surface area contributed by atoms with Gasteiger partial charge in [-0.2, -0.15) is 0 Å². The Morgan fingerprint density at radius 1 is 1.22 bits per heavy atom. The van der Waals surface area contributed by atoms with E-state index >= 15 is 0 Å². The lowest BCUT2D eigenvalue weighted by molar-refractivity contribution is -0.285. The van der Waals surface area contributed by atoms with Crippen LogP contribution in [0.3, 0.4) is 0 Å². The van der Waals surface area contributed by atoms with Gasteiger partial charge in [-0.25, -0.2) is 4.79 Å². The molecule has 2 rings (SSSR count). The van der Waals surface area contributed by atoms with Gasteiger partial charge in [-0.1, -0.05) is 0 Å². The summed E-state index contributed by atoms with van der Waals surface area (Å²) in [5.74, 6) is -4.30. The summed E-state index contributed by atoms with van der Waals surface area (Å²) in [5.41, 5.74) is -0.666. The topological polar surface area (TPSA) is 177 Å². The van der Waals surface area contributed by atoms with Crippen LogP contribution in [-0.2, 0) is 9.47 Å². The number of phenolic OH excluding ortho intramolecular Hbond substituents is 3. The van der Waals surface area contributed by atoms with Crippen molar-refractivity contribution in [2.24, 2.45) is 0 Å².